The molecule has 0 aliphatic carbocycles. The second-order valence-corrected chi connectivity index (χ2v) is 5.70. The van der Waals surface area contributed by atoms with Gasteiger partial charge in [-0.2, -0.15) is 0 Å². The van der Waals surface area contributed by atoms with Gasteiger partial charge < -0.3 is 10.6 Å². The molecule has 0 bridgehead atoms. The first-order valence-corrected chi connectivity index (χ1v) is 6.80. The summed E-state index contributed by atoms with van der Waals surface area (Å²) in [6, 6.07) is 3.92. The molecule has 2 heterocycles. The van der Waals surface area contributed by atoms with Gasteiger partial charge in [-0.25, -0.2) is 9.97 Å². The largest absolute Gasteiger partial charge is 0.373 e. The van der Waals surface area contributed by atoms with Crippen molar-refractivity contribution in [3.63, 3.8) is 0 Å². The summed E-state index contributed by atoms with van der Waals surface area (Å²) < 4.78 is 0.804. The number of nitrogens with one attached hydrogen (secondary N) is 2. The van der Waals surface area contributed by atoms with Crippen LogP contribution in [0.1, 0.15) is 16.3 Å². The van der Waals surface area contributed by atoms with Crippen LogP contribution in [0.3, 0.4) is 0 Å². The fourth-order valence-corrected chi connectivity index (χ4v) is 2.69. The van der Waals surface area contributed by atoms with Crippen LogP contribution >= 0.6 is 22.9 Å². The third-order valence-electron chi connectivity index (χ3n) is 2.55. The van der Waals surface area contributed by atoms with Gasteiger partial charge in [0.1, 0.15) is 17.5 Å². The highest BCUT2D eigenvalue weighted by molar-refractivity contribution is 7.16. The molecule has 18 heavy (non-hydrogen) atoms. The molecule has 2 aromatic rings. The molecule has 0 aliphatic heterocycles. The van der Waals surface area contributed by atoms with Crippen LogP contribution in [0.15, 0.2) is 12.1 Å². The van der Waals surface area contributed by atoms with E-state index in [2.05, 4.69) is 20.6 Å². The normalized spacial score (nSPS) is 10.4. The van der Waals surface area contributed by atoms with Gasteiger partial charge in [0.05, 0.1) is 10.9 Å². The van der Waals surface area contributed by atoms with E-state index in [1.807, 2.05) is 33.0 Å². The zero-order valence-electron chi connectivity index (χ0n) is 10.5. The van der Waals surface area contributed by atoms with Crippen molar-refractivity contribution in [3.8, 4) is 0 Å². The summed E-state index contributed by atoms with van der Waals surface area (Å²) in [6.07, 6.45) is 0. The van der Waals surface area contributed by atoms with Crippen LogP contribution in [0.25, 0.3) is 0 Å². The number of rotatable bonds is 4. The smallest absolute Gasteiger partial charge is 0.135 e. The van der Waals surface area contributed by atoms with E-state index < -0.39 is 0 Å². The predicted octanol–water partition coefficient (Wildman–Crippen LogP) is 3.46. The van der Waals surface area contributed by atoms with Crippen molar-refractivity contribution in [1.29, 1.82) is 0 Å². The van der Waals surface area contributed by atoms with Crippen molar-refractivity contribution in [2.45, 2.75) is 20.4 Å². The quantitative estimate of drug-likeness (QED) is 0.902. The summed E-state index contributed by atoms with van der Waals surface area (Å²) in [6.45, 7) is 4.60. The van der Waals surface area contributed by atoms with E-state index in [-0.39, 0.29) is 0 Å². The van der Waals surface area contributed by atoms with E-state index in [4.69, 9.17) is 11.6 Å². The molecule has 0 atom stereocenters. The van der Waals surface area contributed by atoms with Crippen molar-refractivity contribution >= 4 is 34.6 Å². The second-order valence-electron chi connectivity index (χ2n) is 3.90. The number of thiophene rings is 1. The van der Waals surface area contributed by atoms with Gasteiger partial charge in [0, 0.05) is 17.5 Å². The minimum atomic E-state index is 0.720. The van der Waals surface area contributed by atoms with Crippen molar-refractivity contribution in [3.05, 3.63) is 32.7 Å². The average molecular weight is 283 g/mol. The van der Waals surface area contributed by atoms with E-state index in [9.17, 15) is 0 Å². The van der Waals surface area contributed by atoms with Gasteiger partial charge in [0.15, 0.2) is 0 Å². The fourth-order valence-electron chi connectivity index (χ4n) is 1.66. The number of anilines is 2. The molecule has 0 radical (unpaired) electrons. The first-order valence-electron chi connectivity index (χ1n) is 5.61. The Morgan fingerprint density at radius 3 is 2.56 bits per heavy atom. The summed E-state index contributed by atoms with van der Waals surface area (Å²) in [5.41, 5.74) is 1.02. The Labute approximate surface area is 115 Å². The summed E-state index contributed by atoms with van der Waals surface area (Å²) in [4.78, 5) is 9.92. The first kappa shape index (κ1) is 13.1. The molecule has 96 valence electrons. The maximum atomic E-state index is 5.90. The van der Waals surface area contributed by atoms with Crippen LogP contribution in [0.2, 0.25) is 4.34 Å². The van der Waals surface area contributed by atoms with Gasteiger partial charge in [-0.1, -0.05) is 11.6 Å². The van der Waals surface area contributed by atoms with Crippen LogP contribution in [-0.4, -0.2) is 17.0 Å². The Kier molecular flexibility index (Phi) is 4.04. The van der Waals surface area contributed by atoms with Gasteiger partial charge in [-0.3, -0.25) is 0 Å². The lowest BCUT2D eigenvalue weighted by Crippen LogP contribution is -2.07. The highest BCUT2D eigenvalue weighted by Crippen LogP contribution is 2.24. The van der Waals surface area contributed by atoms with Gasteiger partial charge in [0.2, 0.25) is 0 Å². The number of halogens is 1. The van der Waals surface area contributed by atoms with Crippen LogP contribution in [0.4, 0.5) is 11.6 Å². The highest BCUT2D eigenvalue weighted by atomic mass is 35.5. The summed E-state index contributed by atoms with van der Waals surface area (Å²) in [5.74, 6) is 2.46. The summed E-state index contributed by atoms with van der Waals surface area (Å²) >= 11 is 7.47. The Bertz CT molecular complexity index is 553. The third-order valence-corrected chi connectivity index (χ3v) is 3.78. The Balaban J connectivity index is 2.16. The molecule has 2 rings (SSSR count). The van der Waals surface area contributed by atoms with E-state index in [0.29, 0.717) is 0 Å². The van der Waals surface area contributed by atoms with E-state index in [1.54, 1.807) is 11.3 Å². The number of hydrogen-bond donors (Lipinski definition) is 2. The number of nitrogens with zero attached hydrogens (tertiary/aromatic N) is 2. The highest BCUT2D eigenvalue weighted by Gasteiger charge is 2.08. The minimum absolute atomic E-state index is 0.720. The Hall–Kier alpha value is -1.33. The zero-order chi connectivity index (χ0) is 13.1. The Morgan fingerprint density at radius 2 is 1.94 bits per heavy atom. The van der Waals surface area contributed by atoms with Crippen LogP contribution < -0.4 is 10.6 Å². The second kappa shape index (κ2) is 5.54. The molecule has 0 unspecified atom stereocenters. The maximum Gasteiger partial charge on any atom is 0.135 e. The first-order chi connectivity index (χ1) is 8.60. The van der Waals surface area contributed by atoms with Crippen LogP contribution in [0, 0.1) is 13.8 Å². The molecule has 2 N–H and O–H groups in total. The van der Waals surface area contributed by atoms with Gasteiger partial charge in [-0.15, -0.1) is 11.3 Å². The van der Waals surface area contributed by atoms with E-state index in [0.717, 1.165) is 33.9 Å². The third kappa shape index (κ3) is 2.91. The molecule has 4 nitrogen and oxygen atoms in total. The monoisotopic (exact) mass is 282 g/mol. The molecule has 6 heteroatoms. The summed E-state index contributed by atoms with van der Waals surface area (Å²) in [7, 11) is 1.86. The fraction of sp³-hybridized carbons (Fsp3) is 0.333. The maximum absolute atomic E-state index is 5.90. The molecule has 0 aliphatic rings. The molecular weight excluding hydrogens is 268 g/mol. The van der Waals surface area contributed by atoms with Crippen molar-refractivity contribution in [2.75, 3.05) is 17.7 Å². The number of aromatic nitrogens is 2. The zero-order valence-corrected chi connectivity index (χ0v) is 12.1. The van der Waals surface area contributed by atoms with Gasteiger partial charge in [0.25, 0.3) is 0 Å². The van der Waals surface area contributed by atoms with Crippen molar-refractivity contribution in [2.24, 2.45) is 0 Å². The SMILES string of the molecule is CNc1nc(C)nc(NCc2ccc(Cl)s2)c1C. The minimum Gasteiger partial charge on any atom is -0.373 e. The molecule has 0 fully saturated rings. The standard InChI is InChI=1S/C12H15ClN4S/c1-7-11(14-3)16-8(2)17-12(7)15-6-9-4-5-10(13)18-9/h4-5H,6H2,1-3H3,(H2,14,15,16,17). The lowest BCUT2D eigenvalue weighted by Gasteiger charge is -2.11. The van der Waals surface area contributed by atoms with Crippen LogP contribution in [-0.2, 0) is 6.54 Å². The molecule has 0 aromatic carbocycles. The van der Waals surface area contributed by atoms with Crippen LogP contribution in [0.5, 0.6) is 0 Å². The van der Waals surface area contributed by atoms with Crippen molar-refractivity contribution < 1.29 is 0 Å². The number of aryl methyl sites for hydroxylation is 1. The lowest BCUT2D eigenvalue weighted by molar-refractivity contribution is 1.01. The average Bonchev–Trinajstić information content (AvgIpc) is 2.75. The molecule has 2 aromatic heterocycles. The lowest BCUT2D eigenvalue weighted by atomic mass is 10.3. The predicted molar refractivity (Wildman–Crippen MR) is 77.7 cm³/mol. The van der Waals surface area contributed by atoms with Gasteiger partial charge in [-0.05, 0) is 26.0 Å². The van der Waals surface area contributed by atoms with E-state index in [1.165, 1.54) is 4.88 Å². The molecule has 0 spiro atoms. The molecule has 0 amide bonds. The molecule has 0 saturated carbocycles. The summed E-state index contributed by atoms with van der Waals surface area (Å²) in [5, 5.41) is 6.39. The van der Waals surface area contributed by atoms with Crippen molar-refractivity contribution in [1.82, 2.24) is 9.97 Å². The number of hydrogen-bond acceptors (Lipinski definition) is 5. The topological polar surface area (TPSA) is 49.8 Å². The van der Waals surface area contributed by atoms with Gasteiger partial charge >= 0.3 is 0 Å². The molecular formula is C12H15ClN4S. The van der Waals surface area contributed by atoms with E-state index >= 15 is 0 Å². The Morgan fingerprint density at radius 1 is 1.22 bits per heavy atom. The molecule has 0 saturated heterocycles.